The Balaban J connectivity index is 1.67. The third-order valence-corrected chi connectivity index (χ3v) is 5.92. The standard InChI is InChI=1S/C26H30FN3O/c1-29(2)17-16-28-26(31)20-10-14-23(15-11-20)30-24-7-5-3-4-6-21(24)18-25(30)19-8-12-22(27)13-9-19/h8-15,18H,3-7,16-17H2,1-2H3,(H,28,31). The second-order valence-electron chi connectivity index (χ2n) is 8.51. The van der Waals surface area contributed by atoms with Crippen LogP contribution in [-0.4, -0.2) is 42.6 Å². The summed E-state index contributed by atoms with van der Waals surface area (Å²) in [6, 6.07) is 16.8. The van der Waals surface area contributed by atoms with E-state index in [1.54, 1.807) is 0 Å². The van der Waals surface area contributed by atoms with Gasteiger partial charge >= 0.3 is 0 Å². The van der Waals surface area contributed by atoms with Gasteiger partial charge in [0.1, 0.15) is 5.82 Å². The molecule has 0 radical (unpaired) electrons. The quantitative estimate of drug-likeness (QED) is 0.581. The Bertz CT molecular complexity index is 1040. The molecule has 3 aromatic rings. The zero-order chi connectivity index (χ0) is 21.8. The molecule has 1 amide bonds. The molecular weight excluding hydrogens is 389 g/mol. The van der Waals surface area contributed by atoms with E-state index in [9.17, 15) is 9.18 Å². The molecule has 162 valence electrons. The summed E-state index contributed by atoms with van der Waals surface area (Å²) in [4.78, 5) is 14.5. The average molecular weight is 420 g/mol. The molecule has 5 heteroatoms. The molecule has 0 spiro atoms. The SMILES string of the molecule is CN(C)CCNC(=O)c1ccc(-n2c(-c3ccc(F)cc3)cc3c2CCCCC3)cc1. The number of fused-ring (bicyclic) bond motifs is 1. The van der Waals surface area contributed by atoms with Gasteiger partial charge in [-0.25, -0.2) is 4.39 Å². The highest BCUT2D eigenvalue weighted by Crippen LogP contribution is 2.33. The predicted octanol–water partition coefficient (Wildman–Crippen LogP) is 4.84. The second kappa shape index (κ2) is 9.48. The lowest BCUT2D eigenvalue weighted by atomic mass is 10.1. The molecule has 1 aliphatic carbocycles. The maximum atomic E-state index is 13.5. The Morgan fingerprint density at radius 1 is 1.00 bits per heavy atom. The summed E-state index contributed by atoms with van der Waals surface area (Å²) < 4.78 is 15.8. The molecule has 0 saturated heterocycles. The van der Waals surface area contributed by atoms with E-state index in [0.717, 1.165) is 36.3 Å². The fourth-order valence-corrected chi connectivity index (χ4v) is 4.26. The summed E-state index contributed by atoms with van der Waals surface area (Å²) in [5.74, 6) is -0.286. The van der Waals surface area contributed by atoms with Gasteiger partial charge in [0.2, 0.25) is 0 Å². The molecule has 0 aliphatic heterocycles. The number of hydrogen-bond donors (Lipinski definition) is 1. The number of nitrogens with one attached hydrogen (secondary N) is 1. The highest BCUT2D eigenvalue weighted by atomic mass is 19.1. The van der Waals surface area contributed by atoms with Gasteiger partial charge < -0.3 is 14.8 Å². The molecule has 1 heterocycles. The molecule has 31 heavy (non-hydrogen) atoms. The van der Waals surface area contributed by atoms with Gasteiger partial charge in [-0.1, -0.05) is 6.42 Å². The van der Waals surface area contributed by atoms with Crippen molar-refractivity contribution in [1.82, 2.24) is 14.8 Å². The van der Waals surface area contributed by atoms with Crippen LogP contribution in [0.3, 0.4) is 0 Å². The molecule has 0 saturated carbocycles. The van der Waals surface area contributed by atoms with E-state index >= 15 is 0 Å². The zero-order valence-corrected chi connectivity index (χ0v) is 18.3. The smallest absolute Gasteiger partial charge is 0.251 e. The van der Waals surface area contributed by atoms with Crippen molar-refractivity contribution in [2.45, 2.75) is 32.1 Å². The van der Waals surface area contributed by atoms with Gasteiger partial charge in [0.25, 0.3) is 5.91 Å². The highest BCUT2D eigenvalue weighted by molar-refractivity contribution is 5.94. The van der Waals surface area contributed by atoms with Crippen LogP contribution < -0.4 is 5.32 Å². The van der Waals surface area contributed by atoms with Crippen molar-refractivity contribution in [2.75, 3.05) is 27.2 Å². The van der Waals surface area contributed by atoms with Crippen molar-refractivity contribution in [3.63, 3.8) is 0 Å². The van der Waals surface area contributed by atoms with Crippen molar-refractivity contribution < 1.29 is 9.18 Å². The molecule has 0 bridgehead atoms. The second-order valence-corrected chi connectivity index (χ2v) is 8.51. The van der Waals surface area contributed by atoms with Crippen LogP contribution in [0.2, 0.25) is 0 Å². The number of aromatic nitrogens is 1. The first-order valence-corrected chi connectivity index (χ1v) is 11.1. The molecule has 1 aromatic heterocycles. The maximum absolute atomic E-state index is 13.5. The lowest BCUT2D eigenvalue weighted by molar-refractivity contribution is 0.0951. The van der Waals surface area contributed by atoms with E-state index in [4.69, 9.17) is 0 Å². The monoisotopic (exact) mass is 419 g/mol. The number of rotatable bonds is 6. The third kappa shape index (κ3) is 4.88. The number of carbonyl (C=O) groups is 1. The van der Waals surface area contributed by atoms with E-state index in [1.165, 1.54) is 42.7 Å². The summed E-state index contributed by atoms with van der Waals surface area (Å²) in [6.07, 6.45) is 5.72. The number of hydrogen-bond acceptors (Lipinski definition) is 2. The first-order valence-electron chi connectivity index (χ1n) is 11.1. The minimum atomic E-state index is -0.229. The first-order chi connectivity index (χ1) is 15.0. The van der Waals surface area contributed by atoms with Gasteiger partial charge in [0.15, 0.2) is 0 Å². The number of halogens is 1. The van der Waals surface area contributed by atoms with Crippen molar-refractivity contribution in [3.8, 4) is 16.9 Å². The Kier molecular flexibility index (Phi) is 6.52. The Labute approximate surface area is 183 Å². The fourth-order valence-electron chi connectivity index (χ4n) is 4.26. The van der Waals surface area contributed by atoms with Crippen molar-refractivity contribution in [1.29, 1.82) is 0 Å². The van der Waals surface area contributed by atoms with Crippen LogP contribution in [0.15, 0.2) is 54.6 Å². The Morgan fingerprint density at radius 2 is 1.71 bits per heavy atom. The van der Waals surface area contributed by atoms with E-state index < -0.39 is 0 Å². The molecule has 0 atom stereocenters. The predicted molar refractivity (Wildman–Crippen MR) is 123 cm³/mol. The van der Waals surface area contributed by atoms with Crippen molar-refractivity contribution >= 4 is 5.91 Å². The van der Waals surface area contributed by atoms with Crippen LogP contribution in [0.1, 0.15) is 40.9 Å². The summed E-state index contributed by atoms with van der Waals surface area (Å²) in [5, 5.41) is 2.96. The molecule has 0 fully saturated rings. The van der Waals surface area contributed by atoms with Crippen molar-refractivity contribution in [2.24, 2.45) is 0 Å². The molecule has 2 aromatic carbocycles. The third-order valence-electron chi connectivity index (χ3n) is 5.92. The summed E-state index contributed by atoms with van der Waals surface area (Å²) in [6.45, 7) is 1.42. The molecule has 4 rings (SSSR count). The molecule has 1 N–H and O–H groups in total. The van der Waals surface area contributed by atoms with Crippen LogP contribution in [0, 0.1) is 5.82 Å². The van der Waals surface area contributed by atoms with Crippen LogP contribution in [-0.2, 0) is 12.8 Å². The van der Waals surface area contributed by atoms with E-state index in [1.807, 2.05) is 55.4 Å². The minimum Gasteiger partial charge on any atom is -0.351 e. The van der Waals surface area contributed by atoms with Gasteiger partial charge in [-0.2, -0.15) is 0 Å². The number of nitrogens with zero attached hydrogens (tertiary/aromatic N) is 2. The van der Waals surface area contributed by atoms with Gasteiger partial charge in [-0.15, -0.1) is 0 Å². The normalized spacial score (nSPS) is 13.7. The largest absolute Gasteiger partial charge is 0.351 e. The Morgan fingerprint density at radius 3 is 2.42 bits per heavy atom. The molecule has 0 unspecified atom stereocenters. The van der Waals surface area contributed by atoms with Crippen LogP contribution in [0.25, 0.3) is 16.9 Å². The van der Waals surface area contributed by atoms with Crippen LogP contribution in [0.5, 0.6) is 0 Å². The number of likely N-dealkylation sites (N-methyl/N-ethyl adjacent to an activating group) is 1. The molecule has 4 nitrogen and oxygen atoms in total. The summed E-state index contributed by atoms with van der Waals surface area (Å²) in [5.41, 5.74) is 6.48. The fraction of sp³-hybridized carbons (Fsp3) is 0.346. The van der Waals surface area contributed by atoms with E-state index in [2.05, 4.69) is 16.0 Å². The van der Waals surface area contributed by atoms with Gasteiger partial charge in [-0.3, -0.25) is 4.79 Å². The van der Waals surface area contributed by atoms with Gasteiger partial charge in [0.05, 0.1) is 5.69 Å². The first kappa shape index (κ1) is 21.3. The molecular formula is C26H30FN3O. The van der Waals surface area contributed by atoms with E-state index in [-0.39, 0.29) is 11.7 Å². The number of amides is 1. The van der Waals surface area contributed by atoms with Crippen LogP contribution in [0.4, 0.5) is 4.39 Å². The Hall–Kier alpha value is -2.92. The lowest BCUT2D eigenvalue weighted by Gasteiger charge is -2.15. The highest BCUT2D eigenvalue weighted by Gasteiger charge is 2.19. The number of aryl methyl sites for hydroxylation is 1. The van der Waals surface area contributed by atoms with Gasteiger partial charge in [0, 0.05) is 30.0 Å². The molecule has 1 aliphatic rings. The zero-order valence-electron chi connectivity index (χ0n) is 18.3. The van der Waals surface area contributed by atoms with E-state index in [0.29, 0.717) is 12.1 Å². The van der Waals surface area contributed by atoms with Crippen molar-refractivity contribution in [3.05, 3.63) is 77.2 Å². The topological polar surface area (TPSA) is 37.3 Å². The lowest BCUT2D eigenvalue weighted by Crippen LogP contribution is -2.31. The average Bonchev–Trinajstić information content (AvgIpc) is 2.96. The summed E-state index contributed by atoms with van der Waals surface area (Å²) in [7, 11) is 3.97. The minimum absolute atomic E-state index is 0.0570. The number of benzene rings is 2. The number of carbonyl (C=O) groups excluding carboxylic acids is 1. The van der Waals surface area contributed by atoms with Gasteiger partial charge in [-0.05, 0) is 106 Å². The maximum Gasteiger partial charge on any atom is 0.251 e. The summed E-state index contributed by atoms with van der Waals surface area (Å²) >= 11 is 0. The van der Waals surface area contributed by atoms with Crippen LogP contribution >= 0.6 is 0 Å².